The number of hydrogen-bond acceptors (Lipinski definition) is 1. The molecule has 0 amide bonds. The second-order valence-electron chi connectivity index (χ2n) is 4.85. The van der Waals surface area contributed by atoms with Gasteiger partial charge >= 0.3 is 0 Å². The van der Waals surface area contributed by atoms with Crippen molar-refractivity contribution < 1.29 is 4.39 Å². The zero-order valence-electron chi connectivity index (χ0n) is 9.67. The van der Waals surface area contributed by atoms with E-state index in [0.29, 0.717) is 5.56 Å². The van der Waals surface area contributed by atoms with E-state index in [4.69, 9.17) is 5.73 Å². The van der Waals surface area contributed by atoms with Crippen molar-refractivity contribution in [1.82, 2.24) is 0 Å². The van der Waals surface area contributed by atoms with Gasteiger partial charge in [-0.2, -0.15) is 0 Å². The molecule has 0 spiro atoms. The number of hydrogen-bond donors (Lipinski definition) is 1. The van der Waals surface area contributed by atoms with Crippen LogP contribution in [0.2, 0.25) is 0 Å². The quantitative estimate of drug-likeness (QED) is 0.785. The number of rotatable bonds is 1. The van der Waals surface area contributed by atoms with Crippen LogP contribution in [0.25, 0.3) is 0 Å². The monoisotopic (exact) mass is 231 g/mol. The van der Waals surface area contributed by atoms with Gasteiger partial charge in [-0.15, -0.1) is 12.4 Å². The summed E-state index contributed by atoms with van der Waals surface area (Å²) in [7, 11) is 0. The van der Waals surface area contributed by atoms with E-state index >= 15 is 0 Å². The molecule has 15 heavy (non-hydrogen) atoms. The molecular weight excluding hydrogens is 213 g/mol. The molecular formula is C12H19ClFN. The lowest BCUT2D eigenvalue weighted by molar-refractivity contribution is 0.326. The Bertz CT molecular complexity index is 331. The maximum atomic E-state index is 13.3. The first-order valence-corrected chi connectivity index (χ1v) is 4.84. The molecule has 0 heterocycles. The molecule has 0 radical (unpaired) electrons. The Kier molecular flexibility index (Phi) is 4.75. The zero-order chi connectivity index (χ0) is 10.9. The molecule has 3 heteroatoms. The maximum absolute atomic E-state index is 13.3. The van der Waals surface area contributed by atoms with E-state index < -0.39 is 0 Å². The lowest BCUT2D eigenvalue weighted by Gasteiger charge is -2.27. The average molecular weight is 232 g/mol. The average Bonchev–Trinajstić information content (AvgIpc) is 2.07. The summed E-state index contributed by atoms with van der Waals surface area (Å²) < 4.78 is 13.3. The molecule has 0 saturated heterocycles. The standard InChI is InChI=1S/C12H18FN.ClH/c1-8-5-6-9(7-10(8)13)11(14)12(2,3)4;/h5-7,11H,14H2,1-4H3;1H/t11-;/m0./s1. The van der Waals surface area contributed by atoms with Crippen molar-refractivity contribution >= 4 is 12.4 Å². The highest BCUT2D eigenvalue weighted by molar-refractivity contribution is 5.85. The molecule has 1 aromatic rings. The lowest BCUT2D eigenvalue weighted by atomic mass is 9.83. The van der Waals surface area contributed by atoms with Gasteiger partial charge in [0.2, 0.25) is 0 Å². The van der Waals surface area contributed by atoms with Crippen LogP contribution >= 0.6 is 12.4 Å². The summed E-state index contributed by atoms with van der Waals surface area (Å²) in [6.45, 7) is 7.90. The summed E-state index contributed by atoms with van der Waals surface area (Å²) in [5, 5.41) is 0. The third-order valence-electron chi connectivity index (χ3n) is 2.49. The third-order valence-corrected chi connectivity index (χ3v) is 2.49. The van der Waals surface area contributed by atoms with Crippen molar-refractivity contribution in [3.05, 3.63) is 35.1 Å². The van der Waals surface area contributed by atoms with Crippen LogP contribution < -0.4 is 5.73 Å². The van der Waals surface area contributed by atoms with Crippen molar-refractivity contribution in [2.24, 2.45) is 11.1 Å². The van der Waals surface area contributed by atoms with Gasteiger partial charge in [0, 0.05) is 6.04 Å². The Labute approximate surface area is 97.3 Å². The second kappa shape index (κ2) is 4.95. The Morgan fingerprint density at radius 3 is 2.20 bits per heavy atom. The molecule has 1 nitrogen and oxygen atoms in total. The van der Waals surface area contributed by atoms with Crippen molar-refractivity contribution in [3.8, 4) is 0 Å². The first kappa shape index (κ1) is 14.4. The predicted molar refractivity (Wildman–Crippen MR) is 64.8 cm³/mol. The molecule has 0 fully saturated rings. The second-order valence-corrected chi connectivity index (χ2v) is 4.85. The summed E-state index contributed by atoms with van der Waals surface area (Å²) in [5.74, 6) is -0.179. The normalized spacial score (nSPS) is 13.2. The van der Waals surface area contributed by atoms with Crippen molar-refractivity contribution in [1.29, 1.82) is 0 Å². The molecule has 1 atom stereocenters. The van der Waals surface area contributed by atoms with Crippen molar-refractivity contribution in [2.75, 3.05) is 0 Å². The molecule has 86 valence electrons. The fourth-order valence-electron chi connectivity index (χ4n) is 1.30. The molecule has 0 aliphatic heterocycles. The van der Waals surface area contributed by atoms with Crippen LogP contribution in [-0.4, -0.2) is 0 Å². The van der Waals surface area contributed by atoms with Gasteiger partial charge in [0.25, 0.3) is 0 Å². The van der Waals surface area contributed by atoms with E-state index in [1.165, 1.54) is 6.07 Å². The van der Waals surface area contributed by atoms with Crippen molar-refractivity contribution in [2.45, 2.75) is 33.7 Å². The van der Waals surface area contributed by atoms with E-state index in [9.17, 15) is 4.39 Å². The van der Waals surface area contributed by atoms with Crippen molar-refractivity contribution in [3.63, 3.8) is 0 Å². The molecule has 0 aliphatic rings. The summed E-state index contributed by atoms with van der Waals surface area (Å²) in [4.78, 5) is 0. The SMILES string of the molecule is Cc1ccc([C@H](N)C(C)(C)C)cc1F.Cl. The Balaban J connectivity index is 0.00000196. The third kappa shape index (κ3) is 3.47. The van der Waals surface area contributed by atoms with E-state index in [1.54, 1.807) is 13.0 Å². The van der Waals surface area contributed by atoms with Crippen LogP contribution in [0, 0.1) is 18.2 Å². The fourth-order valence-corrected chi connectivity index (χ4v) is 1.30. The zero-order valence-corrected chi connectivity index (χ0v) is 10.5. The predicted octanol–water partition coefficient (Wildman–Crippen LogP) is 3.60. The topological polar surface area (TPSA) is 26.0 Å². The fraction of sp³-hybridized carbons (Fsp3) is 0.500. The smallest absolute Gasteiger partial charge is 0.126 e. The minimum absolute atomic E-state index is 0. The van der Waals surface area contributed by atoms with Crippen LogP contribution in [0.1, 0.15) is 37.9 Å². The van der Waals surface area contributed by atoms with E-state index in [0.717, 1.165) is 5.56 Å². The Morgan fingerprint density at radius 1 is 1.27 bits per heavy atom. The molecule has 1 rings (SSSR count). The highest BCUT2D eigenvalue weighted by Gasteiger charge is 2.22. The minimum atomic E-state index is -0.179. The van der Waals surface area contributed by atoms with Gasteiger partial charge in [0.05, 0.1) is 0 Å². The van der Waals surface area contributed by atoms with Crippen LogP contribution in [0.3, 0.4) is 0 Å². The van der Waals surface area contributed by atoms with Crippen LogP contribution in [0.4, 0.5) is 4.39 Å². The van der Waals surface area contributed by atoms with Crippen LogP contribution in [-0.2, 0) is 0 Å². The molecule has 0 unspecified atom stereocenters. The maximum Gasteiger partial charge on any atom is 0.126 e. The number of halogens is 2. The van der Waals surface area contributed by atoms with Gasteiger partial charge in [-0.3, -0.25) is 0 Å². The number of nitrogens with two attached hydrogens (primary N) is 1. The summed E-state index contributed by atoms with van der Waals surface area (Å²) >= 11 is 0. The molecule has 2 N–H and O–H groups in total. The van der Waals surface area contributed by atoms with Gasteiger partial charge in [-0.05, 0) is 29.5 Å². The first-order chi connectivity index (χ1) is 6.32. The Morgan fingerprint density at radius 2 is 1.80 bits per heavy atom. The van der Waals surface area contributed by atoms with Crippen LogP contribution in [0.5, 0.6) is 0 Å². The Hall–Kier alpha value is -0.600. The van der Waals surface area contributed by atoms with E-state index in [2.05, 4.69) is 20.8 Å². The minimum Gasteiger partial charge on any atom is -0.324 e. The molecule has 0 bridgehead atoms. The summed E-state index contributed by atoms with van der Waals surface area (Å²) in [6, 6.07) is 5.08. The molecule has 0 aromatic heterocycles. The highest BCUT2D eigenvalue weighted by atomic mass is 35.5. The molecule has 0 saturated carbocycles. The highest BCUT2D eigenvalue weighted by Crippen LogP contribution is 2.30. The molecule has 0 aliphatic carbocycles. The summed E-state index contributed by atoms with van der Waals surface area (Å²) in [6.07, 6.45) is 0. The number of benzene rings is 1. The first-order valence-electron chi connectivity index (χ1n) is 4.84. The van der Waals surface area contributed by atoms with Gasteiger partial charge in [-0.25, -0.2) is 4.39 Å². The largest absolute Gasteiger partial charge is 0.324 e. The van der Waals surface area contributed by atoms with Gasteiger partial charge in [0.1, 0.15) is 5.82 Å². The van der Waals surface area contributed by atoms with Gasteiger partial charge in [-0.1, -0.05) is 32.9 Å². The number of aryl methyl sites for hydroxylation is 1. The lowest BCUT2D eigenvalue weighted by Crippen LogP contribution is -2.26. The van der Waals surface area contributed by atoms with E-state index in [-0.39, 0.29) is 29.7 Å². The van der Waals surface area contributed by atoms with Gasteiger partial charge in [0.15, 0.2) is 0 Å². The van der Waals surface area contributed by atoms with Gasteiger partial charge < -0.3 is 5.73 Å². The summed E-state index contributed by atoms with van der Waals surface area (Å²) in [5.41, 5.74) is 7.51. The van der Waals surface area contributed by atoms with E-state index in [1.807, 2.05) is 6.07 Å². The molecule has 1 aromatic carbocycles. The van der Waals surface area contributed by atoms with Crippen LogP contribution in [0.15, 0.2) is 18.2 Å².